The number of methoxy groups -OCH3 is 1. The van der Waals surface area contributed by atoms with E-state index in [0.29, 0.717) is 11.3 Å². The molecule has 3 aromatic rings. The van der Waals surface area contributed by atoms with Gasteiger partial charge in [0.25, 0.3) is 5.56 Å². The van der Waals surface area contributed by atoms with E-state index < -0.39 is 10.0 Å². The SMILES string of the molecule is COc1ccc(-c2ccc(=O)[nH]n2)cc1S(=O)(=O)N(C)Cc1ccccc1. The molecule has 0 saturated carbocycles. The molecule has 0 aliphatic heterocycles. The normalized spacial score (nSPS) is 11.5. The molecule has 1 aromatic heterocycles. The molecule has 0 aliphatic carbocycles. The van der Waals surface area contributed by atoms with Crippen LogP contribution >= 0.6 is 0 Å². The highest BCUT2D eigenvalue weighted by molar-refractivity contribution is 7.89. The Balaban J connectivity index is 2.01. The van der Waals surface area contributed by atoms with E-state index in [1.807, 2.05) is 30.3 Å². The third-order valence-electron chi connectivity index (χ3n) is 4.07. The van der Waals surface area contributed by atoms with Crippen LogP contribution in [0.2, 0.25) is 0 Å². The maximum Gasteiger partial charge on any atom is 0.264 e. The molecule has 140 valence electrons. The standard InChI is InChI=1S/C19H19N3O4S/c1-22(13-14-6-4-3-5-7-14)27(24,25)18-12-15(8-10-17(18)26-2)16-9-11-19(23)21-20-16/h3-12H,13H2,1-2H3,(H,21,23). The van der Waals surface area contributed by atoms with E-state index >= 15 is 0 Å². The molecule has 0 radical (unpaired) electrons. The Hall–Kier alpha value is -2.97. The van der Waals surface area contributed by atoms with Gasteiger partial charge in [0.15, 0.2) is 0 Å². The van der Waals surface area contributed by atoms with Gasteiger partial charge in [-0.3, -0.25) is 4.79 Å². The minimum atomic E-state index is -3.81. The van der Waals surface area contributed by atoms with Gasteiger partial charge < -0.3 is 4.74 Å². The number of sulfonamides is 1. The van der Waals surface area contributed by atoms with Crippen LogP contribution in [0, 0.1) is 0 Å². The Morgan fingerprint density at radius 2 is 1.81 bits per heavy atom. The molecule has 1 N–H and O–H groups in total. The van der Waals surface area contributed by atoms with Gasteiger partial charge in [-0.05, 0) is 29.8 Å². The third-order valence-corrected chi connectivity index (χ3v) is 5.90. The van der Waals surface area contributed by atoms with Crippen molar-refractivity contribution in [2.24, 2.45) is 0 Å². The number of ether oxygens (including phenoxy) is 1. The first-order valence-electron chi connectivity index (χ1n) is 8.16. The molecule has 8 heteroatoms. The lowest BCUT2D eigenvalue weighted by Gasteiger charge is -2.19. The molecular weight excluding hydrogens is 366 g/mol. The summed E-state index contributed by atoms with van der Waals surface area (Å²) in [7, 11) is -0.869. The van der Waals surface area contributed by atoms with Gasteiger partial charge in [0.2, 0.25) is 10.0 Å². The van der Waals surface area contributed by atoms with E-state index in [9.17, 15) is 13.2 Å². The van der Waals surface area contributed by atoms with Gasteiger partial charge in [0.05, 0.1) is 12.8 Å². The number of hydrogen-bond donors (Lipinski definition) is 1. The number of nitrogens with zero attached hydrogens (tertiary/aromatic N) is 2. The van der Waals surface area contributed by atoms with Crippen molar-refractivity contribution in [2.75, 3.05) is 14.2 Å². The average molecular weight is 385 g/mol. The molecular formula is C19H19N3O4S. The smallest absolute Gasteiger partial charge is 0.264 e. The molecule has 0 fully saturated rings. The Morgan fingerprint density at radius 3 is 2.44 bits per heavy atom. The summed E-state index contributed by atoms with van der Waals surface area (Å²) in [5.41, 5.74) is 1.56. The van der Waals surface area contributed by atoms with Crippen LogP contribution in [0.25, 0.3) is 11.3 Å². The summed E-state index contributed by atoms with van der Waals surface area (Å²) in [4.78, 5) is 11.2. The third kappa shape index (κ3) is 4.07. The van der Waals surface area contributed by atoms with Crippen molar-refractivity contribution in [3.8, 4) is 17.0 Å². The molecule has 0 spiro atoms. The molecule has 0 atom stereocenters. The van der Waals surface area contributed by atoms with Crippen LogP contribution in [0.5, 0.6) is 5.75 Å². The van der Waals surface area contributed by atoms with E-state index in [1.54, 1.807) is 12.1 Å². The quantitative estimate of drug-likeness (QED) is 0.703. The summed E-state index contributed by atoms with van der Waals surface area (Å²) in [6, 6.07) is 17.0. The summed E-state index contributed by atoms with van der Waals surface area (Å²) in [6.07, 6.45) is 0. The summed E-state index contributed by atoms with van der Waals surface area (Å²) < 4.78 is 32.8. The predicted molar refractivity (Wildman–Crippen MR) is 102 cm³/mol. The lowest BCUT2D eigenvalue weighted by atomic mass is 10.1. The first-order valence-corrected chi connectivity index (χ1v) is 9.60. The molecule has 0 amide bonds. The number of aromatic amines is 1. The van der Waals surface area contributed by atoms with E-state index in [2.05, 4.69) is 10.2 Å². The summed E-state index contributed by atoms with van der Waals surface area (Å²) >= 11 is 0. The second-order valence-electron chi connectivity index (χ2n) is 5.92. The predicted octanol–water partition coefficient (Wildman–Crippen LogP) is 2.27. The summed E-state index contributed by atoms with van der Waals surface area (Å²) in [5.74, 6) is 0.239. The minimum Gasteiger partial charge on any atom is -0.495 e. The lowest BCUT2D eigenvalue weighted by molar-refractivity contribution is 0.397. The minimum absolute atomic E-state index is 0.0360. The zero-order valence-electron chi connectivity index (χ0n) is 14.9. The molecule has 2 aromatic carbocycles. The summed E-state index contributed by atoms with van der Waals surface area (Å²) in [5, 5.41) is 6.30. The van der Waals surface area contributed by atoms with Crippen LogP contribution < -0.4 is 10.3 Å². The van der Waals surface area contributed by atoms with Crippen LogP contribution in [0.4, 0.5) is 0 Å². The average Bonchev–Trinajstić information content (AvgIpc) is 2.69. The Bertz CT molecular complexity index is 1070. The fourth-order valence-electron chi connectivity index (χ4n) is 2.64. The fourth-order valence-corrected chi connectivity index (χ4v) is 3.97. The van der Waals surface area contributed by atoms with Crippen molar-refractivity contribution in [1.29, 1.82) is 0 Å². The summed E-state index contributed by atoms with van der Waals surface area (Å²) in [6.45, 7) is 0.230. The molecule has 27 heavy (non-hydrogen) atoms. The molecule has 0 aliphatic rings. The van der Waals surface area contributed by atoms with Crippen molar-refractivity contribution in [1.82, 2.24) is 14.5 Å². The van der Waals surface area contributed by atoms with Crippen LogP contribution in [0.15, 0.2) is 70.4 Å². The van der Waals surface area contributed by atoms with Gasteiger partial charge in [0, 0.05) is 25.2 Å². The largest absolute Gasteiger partial charge is 0.495 e. The van der Waals surface area contributed by atoms with Crippen LogP contribution in [0.1, 0.15) is 5.56 Å². The van der Waals surface area contributed by atoms with Crippen molar-refractivity contribution in [3.05, 3.63) is 76.6 Å². The van der Waals surface area contributed by atoms with Gasteiger partial charge in [0.1, 0.15) is 10.6 Å². The highest BCUT2D eigenvalue weighted by Crippen LogP contribution is 2.31. The van der Waals surface area contributed by atoms with Gasteiger partial charge in [-0.2, -0.15) is 9.40 Å². The molecule has 3 rings (SSSR count). The van der Waals surface area contributed by atoms with Crippen molar-refractivity contribution in [3.63, 3.8) is 0 Å². The fraction of sp³-hybridized carbons (Fsp3) is 0.158. The van der Waals surface area contributed by atoms with E-state index in [4.69, 9.17) is 4.74 Å². The zero-order valence-corrected chi connectivity index (χ0v) is 15.7. The van der Waals surface area contributed by atoms with Crippen LogP contribution in [0.3, 0.4) is 0 Å². The van der Waals surface area contributed by atoms with Crippen LogP contribution in [-0.4, -0.2) is 37.1 Å². The topological polar surface area (TPSA) is 92.4 Å². The first-order chi connectivity index (χ1) is 12.9. The first kappa shape index (κ1) is 18.8. The number of aromatic nitrogens is 2. The number of rotatable bonds is 6. The number of benzene rings is 2. The number of H-pyrrole nitrogens is 1. The zero-order chi connectivity index (χ0) is 19.4. The molecule has 7 nitrogen and oxygen atoms in total. The highest BCUT2D eigenvalue weighted by Gasteiger charge is 2.25. The Morgan fingerprint density at radius 1 is 1.07 bits per heavy atom. The van der Waals surface area contributed by atoms with Gasteiger partial charge in [-0.25, -0.2) is 13.5 Å². The number of hydrogen-bond acceptors (Lipinski definition) is 5. The van der Waals surface area contributed by atoms with Crippen molar-refractivity contribution < 1.29 is 13.2 Å². The van der Waals surface area contributed by atoms with E-state index in [-0.39, 0.29) is 22.7 Å². The van der Waals surface area contributed by atoms with Crippen molar-refractivity contribution >= 4 is 10.0 Å². The lowest BCUT2D eigenvalue weighted by Crippen LogP contribution is -2.27. The van der Waals surface area contributed by atoms with E-state index in [1.165, 1.54) is 36.7 Å². The van der Waals surface area contributed by atoms with Crippen molar-refractivity contribution in [2.45, 2.75) is 11.4 Å². The molecule has 0 bridgehead atoms. The van der Waals surface area contributed by atoms with E-state index in [0.717, 1.165) is 5.56 Å². The second-order valence-corrected chi connectivity index (χ2v) is 7.93. The van der Waals surface area contributed by atoms with Gasteiger partial charge in [-0.15, -0.1) is 0 Å². The molecule has 1 heterocycles. The number of nitrogens with one attached hydrogen (secondary N) is 1. The maximum atomic E-state index is 13.1. The van der Waals surface area contributed by atoms with Crippen LogP contribution in [-0.2, 0) is 16.6 Å². The second kappa shape index (κ2) is 7.73. The van der Waals surface area contributed by atoms with Gasteiger partial charge in [-0.1, -0.05) is 30.3 Å². The highest BCUT2D eigenvalue weighted by atomic mass is 32.2. The Kier molecular flexibility index (Phi) is 5.38. The maximum absolute atomic E-state index is 13.1. The molecule has 0 unspecified atom stereocenters. The monoisotopic (exact) mass is 385 g/mol. The Labute approximate surface area is 157 Å². The molecule has 0 saturated heterocycles. The van der Waals surface area contributed by atoms with Gasteiger partial charge >= 0.3 is 0 Å².